The second-order valence-electron chi connectivity index (χ2n) is 5.07. The van der Waals surface area contributed by atoms with Gasteiger partial charge in [-0.05, 0) is 17.5 Å². The molecule has 0 radical (unpaired) electrons. The van der Waals surface area contributed by atoms with Crippen LogP contribution in [-0.4, -0.2) is 29.6 Å². The molecule has 0 aliphatic heterocycles. The van der Waals surface area contributed by atoms with Gasteiger partial charge >= 0.3 is 0 Å². The number of pyridine rings is 1. The minimum Gasteiger partial charge on any atom is -0.383 e. The van der Waals surface area contributed by atoms with Crippen molar-refractivity contribution < 1.29 is 8.42 Å². The number of hydrogen-bond acceptors (Lipinski definition) is 8. The number of hydrogen-bond donors (Lipinski definition) is 2. The molecule has 22 heavy (non-hydrogen) atoms. The summed E-state index contributed by atoms with van der Waals surface area (Å²) >= 11 is 1.30. The standard InChI is InChI=1S/C13H17N5O2S2/c1-7(2)8-5-16-11(22(3,19)20)4-9(8)21-10-6-17-13(15)18-12(10)14/h4-7H,1-3H3,(H4,14,15,17,18). The third-order valence-electron chi connectivity index (χ3n) is 2.89. The van der Waals surface area contributed by atoms with E-state index in [0.29, 0.717) is 4.90 Å². The number of rotatable bonds is 4. The van der Waals surface area contributed by atoms with Gasteiger partial charge < -0.3 is 11.5 Å². The van der Waals surface area contributed by atoms with Gasteiger partial charge in [-0.2, -0.15) is 4.98 Å². The molecule has 0 atom stereocenters. The van der Waals surface area contributed by atoms with E-state index in [2.05, 4.69) is 15.0 Å². The van der Waals surface area contributed by atoms with Gasteiger partial charge in [0.2, 0.25) is 5.95 Å². The SMILES string of the molecule is CC(C)c1cnc(S(C)(=O)=O)cc1Sc1cnc(N)nc1N. The Morgan fingerprint density at radius 2 is 1.82 bits per heavy atom. The fraction of sp³-hybridized carbons (Fsp3) is 0.308. The molecule has 4 N–H and O–H groups in total. The molecule has 9 heteroatoms. The van der Waals surface area contributed by atoms with E-state index in [-0.39, 0.29) is 22.7 Å². The first-order valence-electron chi connectivity index (χ1n) is 6.44. The molecular formula is C13H17N5O2S2. The predicted molar refractivity (Wildman–Crippen MR) is 86.4 cm³/mol. The summed E-state index contributed by atoms with van der Waals surface area (Å²) in [7, 11) is -3.38. The van der Waals surface area contributed by atoms with E-state index in [9.17, 15) is 8.42 Å². The smallest absolute Gasteiger partial charge is 0.221 e. The van der Waals surface area contributed by atoms with Crippen molar-refractivity contribution in [3.05, 3.63) is 24.0 Å². The van der Waals surface area contributed by atoms with E-state index in [0.717, 1.165) is 16.7 Å². The molecule has 0 aliphatic carbocycles. The minimum atomic E-state index is -3.38. The summed E-state index contributed by atoms with van der Waals surface area (Å²) in [5, 5.41) is 0.0225. The number of sulfone groups is 1. The Morgan fingerprint density at radius 3 is 2.36 bits per heavy atom. The largest absolute Gasteiger partial charge is 0.383 e. The monoisotopic (exact) mass is 339 g/mol. The molecule has 0 fully saturated rings. The Labute approximate surface area is 133 Å². The zero-order chi connectivity index (χ0) is 16.5. The lowest BCUT2D eigenvalue weighted by molar-refractivity contribution is 0.597. The first kappa shape index (κ1) is 16.5. The molecule has 0 spiro atoms. The quantitative estimate of drug-likeness (QED) is 0.862. The third-order valence-corrected chi connectivity index (χ3v) is 4.98. The lowest BCUT2D eigenvalue weighted by atomic mass is 10.1. The average Bonchev–Trinajstić information content (AvgIpc) is 2.40. The van der Waals surface area contributed by atoms with Crippen LogP contribution in [0.15, 0.2) is 33.3 Å². The van der Waals surface area contributed by atoms with Crippen LogP contribution in [0.25, 0.3) is 0 Å². The second-order valence-corrected chi connectivity index (χ2v) is 8.11. The molecule has 7 nitrogen and oxygen atoms in total. The fourth-order valence-corrected chi connectivity index (χ4v) is 3.47. The summed E-state index contributed by atoms with van der Waals surface area (Å²) in [6.45, 7) is 4.01. The zero-order valence-corrected chi connectivity index (χ0v) is 14.1. The van der Waals surface area contributed by atoms with Gasteiger partial charge in [0.05, 0.1) is 4.90 Å². The molecule has 0 saturated carbocycles. The Kier molecular flexibility index (Phi) is 4.57. The number of aromatic nitrogens is 3. The van der Waals surface area contributed by atoms with Crippen LogP contribution in [-0.2, 0) is 9.84 Å². The molecule has 2 rings (SSSR count). The lowest BCUT2D eigenvalue weighted by Crippen LogP contribution is -2.04. The molecule has 2 heterocycles. The van der Waals surface area contributed by atoms with E-state index in [1.165, 1.54) is 18.0 Å². The summed E-state index contributed by atoms with van der Waals surface area (Å²) in [4.78, 5) is 13.2. The Hall–Kier alpha value is -1.87. The van der Waals surface area contributed by atoms with E-state index < -0.39 is 9.84 Å². The van der Waals surface area contributed by atoms with Crippen LogP contribution in [0.3, 0.4) is 0 Å². The van der Waals surface area contributed by atoms with Crippen LogP contribution in [0.2, 0.25) is 0 Å². The molecule has 0 aromatic carbocycles. The second kappa shape index (κ2) is 6.09. The average molecular weight is 339 g/mol. The maximum Gasteiger partial charge on any atom is 0.221 e. The van der Waals surface area contributed by atoms with Crippen LogP contribution < -0.4 is 11.5 Å². The van der Waals surface area contributed by atoms with Crippen molar-refractivity contribution in [2.24, 2.45) is 0 Å². The fourth-order valence-electron chi connectivity index (χ4n) is 1.75. The van der Waals surface area contributed by atoms with E-state index >= 15 is 0 Å². The summed E-state index contributed by atoms with van der Waals surface area (Å²) in [5.74, 6) is 0.530. The van der Waals surface area contributed by atoms with Crippen molar-refractivity contribution in [3.63, 3.8) is 0 Å². The number of anilines is 2. The van der Waals surface area contributed by atoms with Crippen molar-refractivity contribution in [2.45, 2.75) is 34.6 Å². The molecule has 0 saturated heterocycles. The van der Waals surface area contributed by atoms with E-state index in [4.69, 9.17) is 11.5 Å². The lowest BCUT2D eigenvalue weighted by Gasteiger charge is -2.13. The van der Waals surface area contributed by atoms with Gasteiger partial charge in [-0.3, -0.25) is 0 Å². The molecule has 0 bridgehead atoms. The first-order valence-corrected chi connectivity index (χ1v) is 9.15. The molecule has 0 amide bonds. The molecule has 2 aromatic rings. The topological polar surface area (TPSA) is 125 Å². The van der Waals surface area contributed by atoms with Gasteiger partial charge in [-0.1, -0.05) is 25.6 Å². The molecular weight excluding hydrogens is 322 g/mol. The van der Waals surface area contributed by atoms with Crippen molar-refractivity contribution >= 4 is 33.4 Å². The molecule has 0 unspecified atom stereocenters. The van der Waals surface area contributed by atoms with Gasteiger partial charge in [-0.15, -0.1) is 0 Å². The van der Waals surface area contributed by atoms with Crippen molar-refractivity contribution in [3.8, 4) is 0 Å². The molecule has 0 aliphatic rings. The van der Waals surface area contributed by atoms with Gasteiger partial charge in [0.15, 0.2) is 14.9 Å². The van der Waals surface area contributed by atoms with Crippen LogP contribution in [0.5, 0.6) is 0 Å². The van der Waals surface area contributed by atoms with Crippen LogP contribution in [0.1, 0.15) is 25.3 Å². The highest BCUT2D eigenvalue weighted by Gasteiger charge is 2.16. The Morgan fingerprint density at radius 1 is 1.14 bits per heavy atom. The normalized spacial score (nSPS) is 11.8. The van der Waals surface area contributed by atoms with Gasteiger partial charge in [0, 0.05) is 23.5 Å². The van der Waals surface area contributed by atoms with Crippen molar-refractivity contribution in [1.82, 2.24) is 15.0 Å². The highest BCUT2D eigenvalue weighted by molar-refractivity contribution is 7.99. The first-order chi connectivity index (χ1) is 10.2. The van der Waals surface area contributed by atoms with Crippen LogP contribution in [0, 0.1) is 0 Å². The molecule has 118 valence electrons. The summed E-state index contributed by atoms with van der Waals surface area (Å²) in [5.41, 5.74) is 12.2. The van der Waals surface area contributed by atoms with Gasteiger partial charge in [-0.25, -0.2) is 18.4 Å². The maximum atomic E-state index is 11.7. The summed E-state index contributed by atoms with van der Waals surface area (Å²) < 4.78 is 23.4. The minimum absolute atomic E-state index is 0.0225. The Bertz CT molecular complexity index is 806. The maximum absolute atomic E-state index is 11.7. The number of nitrogen functional groups attached to an aromatic ring is 2. The number of nitrogens with zero attached hydrogens (tertiary/aromatic N) is 3. The third kappa shape index (κ3) is 3.66. The van der Waals surface area contributed by atoms with Crippen molar-refractivity contribution in [2.75, 3.05) is 17.7 Å². The van der Waals surface area contributed by atoms with Crippen LogP contribution in [0.4, 0.5) is 11.8 Å². The van der Waals surface area contributed by atoms with Crippen molar-refractivity contribution in [1.29, 1.82) is 0 Å². The van der Waals surface area contributed by atoms with Gasteiger partial charge in [0.1, 0.15) is 5.82 Å². The van der Waals surface area contributed by atoms with E-state index in [1.807, 2.05) is 13.8 Å². The molecule has 2 aromatic heterocycles. The number of nitrogens with two attached hydrogens (primary N) is 2. The van der Waals surface area contributed by atoms with Crippen LogP contribution >= 0.6 is 11.8 Å². The Balaban J connectivity index is 2.51. The highest BCUT2D eigenvalue weighted by atomic mass is 32.2. The zero-order valence-electron chi connectivity index (χ0n) is 12.4. The van der Waals surface area contributed by atoms with Gasteiger partial charge in [0.25, 0.3) is 0 Å². The van der Waals surface area contributed by atoms with E-state index in [1.54, 1.807) is 12.3 Å². The summed E-state index contributed by atoms with van der Waals surface area (Å²) in [6, 6.07) is 1.55. The summed E-state index contributed by atoms with van der Waals surface area (Å²) in [6.07, 6.45) is 4.23. The highest BCUT2D eigenvalue weighted by Crippen LogP contribution is 2.36. The predicted octanol–water partition coefficient (Wildman–Crippen LogP) is 1.71.